The van der Waals surface area contributed by atoms with Gasteiger partial charge in [-0.2, -0.15) is 0 Å². The number of pyridine rings is 1. The van der Waals surface area contributed by atoms with Crippen molar-refractivity contribution in [2.24, 2.45) is 0 Å². The summed E-state index contributed by atoms with van der Waals surface area (Å²) in [7, 11) is 1.56. The molecule has 2 aromatic rings. The third kappa shape index (κ3) is 5.08. The molecule has 1 aromatic heterocycles. The van der Waals surface area contributed by atoms with Gasteiger partial charge in [0, 0.05) is 18.0 Å². The number of nitrogens with one attached hydrogen (secondary N) is 1. The maximum absolute atomic E-state index is 12.6. The molecule has 5 nitrogen and oxygen atoms in total. The lowest BCUT2D eigenvalue weighted by molar-refractivity contribution is 0.0936. The summed E-state index contributed by atoms with van der Waals surface area (Å²) in [6.45, 7) is 7.65. The molecule has 132 valence electrons. The van der Waals surface area contributed by atoms with Crippen molar-refractivity contribution in [1.29, 1.82) is 0 Å². The van der Waals surface area contributed by atoms with Gasteiger partial charge in [0.25, 0.3) is 5.91 Å². The number of ether oxygens (including phenoxy) is 2. The van der Waals surface area contributed by atoms with Crippen LogP contribution in [-0.4, -0.2) is 24.1 Å². The molecular weight excluding hydrogens is 316 g/mol. The molecule has 0 bridgehead atoms. The van der Waals surface area contributed by atoms with Crippen molar-refractivity contribution in [3.05, 3.63) is 66.5 Å². The Morgan fingerprint density at radius 2 is 1.96 bits per heavy atom. The minimum atomic E-state index is -0.182. The molecule has 0 saturated heterocycles. The van der Waals surface area contributed by atoms with Crippen molar-refractivity contribution >= 4 is 5.91 Å². The number of hydrogen-bond acceptors (Lipinski definition) is 4. The molecule has 25 heavy (non-hydrogen) atoms. The monoisotopic (exact) mass is 340 g/mol. The lowest BCUT2D eigenvalue weighted by Crippen LogP contribution is -2.28. The van der Waals surface area contributed by atoms with E-state index in [1.165, 1.54) is 0 Å². The van der Waals surface area contributed by atoms with Crippen molar-refractivity contribution in [1.82, 2.24) is 10.3 Å². The maximum Gasteiger partial charge on any atom is 0.251 e. The van der Waals surface area contributed by atoms with Crippen LogP contribution < -0.4 is 14.8 Å². The predicted octanol–water partition coefficient (Wildman–Crippen LogP) is 3.92. The first kappa shape index (κ1) is 18.5. The smallest absolute Gasteiger partial charge is 0.251 e. The van der Waals surface area contributed by atoms with Crippen molar-refractivity contribution in [3.8, 4) is 11.5 Å². The van der Waals surface area contributed by atoms with Gasteiger partial charge in [-0.1, -0.05) is 6.08 Å². The molecule has 0 saturated carbocycles. The Morgan fingerprint density at radius 1 is 1.24 bits per heavy atom. The molecule has 5 heteroatoms. The number of aromatic nitrogens is 1. The Kier molecular flexibility index (Phi) is 6.57. The fourth-order valence-corrected chi connectivity index (χ4v) is 2.44. The standard InChI is InChI=1S/C20H24N2O3/c1-5-6-17(15-9-11-21-12-10-15)22-20(23)16-7-8-18(25-14(2)3)19(13-16)24-4/h5,7-14,17H,1,6H2,2-4H3,(H,22,23)/t17-/m0/s1. The minimum Gasteiger partial charge on any atom is -0.493 e. The third-order valence-corrected chi connectivity index (χ3v) is 3.60. The van der Waals surface area contributed by atoms with Gasteiger partial charge in [0.1, 0.15) is 0 Å². The van der Waals surface area contributed by atoms with Gasteiger partial charge in [0.05, 0.1) is 19.3 Å². The van der Waals surface area contributed by atoms with E-state index in [9.17, 15) is 4.79 Å². The molecule has 2 rings (SSSR count). The Bertz CT molecular complexity index is 714. The van der Waals surface area contributed by atoms with E-state index in [-0.39, 0.29) is 18.1 Å². The number of hydrogen-bond donors (Lipinski definition) is 1. The van der Waals surface area contributed by atoms with Crippen LogP contribution in [0.15, 0.2) is 55.4 Å². The van der Waals surface area contributed by atoms with E-state index in [2.05, 4.69) is 16.9 Å². The molecule has 0 radical (unpaired) electrons. The molecule has 1 heterocycles. The van der Waals surface area contributed by atoms with Crippen molar-refractivity contribution in [2.45, 2.75) is 32.4 Å². The first-order valence-corrected chi connectivity index (χ1v) is 8.21. The molecule has 1 aromatic carbocycles. The highest BCUT2D eigenvalue weighted by Gasteiger charge is 2.17. The number of methoxy groups -OCH3 is 1. The first-order chi connectivity index (χ1) is 12.0. The van der Waals surface area contributed by atoms with Gasteiger partial charge in [0.15, 0.2) is 11.5 Å². The summed E-state index contributed by atoms with van der Waals surface area (Å²) in [5.74, 6) is 0.967. The van der Waals surface area contributed by atoms with Gasteiger partial charge in [0.2, 0.25) is 0 Å². The van der Waals surface area contributed by atoms with E-state index < -0.39 is 0 Å². The minimum absolute atomic E-state index is 0.0252. The second-order valence-corrected chi connectivity index (χ2v) is 5.86. The summed E-state index contributed by atoms with van der Waals surface area (Å²) in [5.41, 5.74) is 1.49. The summed E-state index contributed by atoms with van der Waals surface area (Å²) in [5, 5.41) is 3.03. The summed E-state index contributed by atoms with van der Waals surface area (Å²) in [6, 6.07) is 8.77. The summed E-state index contributed by atoms with van der Waals surface area (Å²) < 4.78 is 11.0. The quantitative estimate of drug-likeness (QED) is 0.740. The molecule has 0 spiro atoms. The van der Waals surface area contributed by atoms with Crippen LogP contribution in [0.1, 0.15) is 42.2 Å². The predicted molar refractivity (Wildman–Crippen MR) is 98.0 cm³/mol. The van der Waals surface area contributed by atoms with Crippen LogP contribution in [0.2, 0.25) is 0 Å². The van der Waals surface area contributed by atoms with E-state index in [1.807, 2.05) is 26.0 Å². The summed E-state index contributed by atoms with van der Waals surface area (Å²) in [4.78, 5) is 16.7. The highest BCUT2D eigenvalue weighted by Crippen LogP contribution is 2.29. The molecule has 0 aliphatic carbocycles. The molecule has 1 atom stereocenters. The highest BCUT2D eigenvalue weighted by atomic mass is 16.5. The van der Waals surface area contributed by atoms with Gasteiger partial charge in [-0.05, 0) is 56.2 Å². The molecule has 0 aliphatic heterocycles. The summed E-state index contributed by atoms with van der Waals surface area (Å²) in [6.07, 6.45) is 5.85. The van der Waals surface area contributed by atoms with Crippen LogP contribution in [0.5, 0.6) is 11.5 Å². The van der Waals surface area contributed by atoms with Crippen LogP contribution in [0, 0.1) is 0 Å². The van der Waals surface area contributed by atoms with Crippen molar-refractivity contribution in [2.75, 3.05) is 7.11 Å². The fourth-order valence-electron chi connectivity index (χ4n) is 2.44. The molecule has 1 amide bonds. The van der Waals surface area contributed by atoms with Crippen LogP contribution in [0.3, 0.4) is 0 Å². The summed E-state index contributed by atoms with van der Waals surface area (Å²) >= 11 is 0. The first-order valence-electron chi connectivity index (χ1n) is 8.21. The Balaban J connectivity index is 2.19. The van der Waals surface area contributed by atoms with E-state index >= 15 is 0 Å². The van der Waals surface area contributed by atoms with Crippen LogP contribution in [-0.2, 0) is 0 Å². The van der Waals surface area contributed by atoms with E-state index in [1.54, 1.807) is 43.8 Å². The lowest BCUT2D eigenvalue weighted by Gasteiger charge is -2.18. The number of rotatable bonds is 8. The number of benzene rings is 1. The topological polar surface area (TPSA) is 60.5 Å². The number of carbonyl (C=O) groups excluding carboxylic acids is 1. The van der Waals surface area contributed by atoms with Gasteiger partial charge < -0.3 is 14.8 Å². The number of carbonyl (C=O) groups is 1. The zero-order valence-electron chi connectivity index (χ0n) is 14.9. The van der Waals surface area contributed by atoms with Gasteiger partial charge in [-0.25, -0.2) is 0 Å². The largest absolute Gasteiger partial charge is 0.493 e. The molecule has 1 N–H and O–H groups in total. The van der Waals surface area contributed by atoms with Crippen molar-refractivity contribution in [3.63, 3.8) is 0 Å². The van der Waals surface area contributed by atoms with E-state index in [0.717, 1.165) is 5.56 Å². The Labute approximate surface area is 148 Å². The van der Waals surface area contributed by atoms with Gasteiger partial charge in [-0.3, -0.25) is 9.78 Å². The molecule has 0 unspecified atom stereocenters. The van der Waals surface area contributed by atoms with Crippen molar-refractivity contribution < 1.29 is 14.3 Å². The van der Waals surface area contributed by atoms with Crippen LogP contribution >= 0.6 is 0 Å². The average Bonchev–Trinajstić information content (AvgIpc) is 2.61. The maximum atomic E-state index is 12.6. The SMILES string of the molecule is C=CC[C@H](NC(=O)c1ccc(OC(C)C)c(OC)c1)c1ccncc1. The number of nitrogens with zero attached hydrogens (tertiary/aromatic N) is 1. The highest BCUT2D eigenvalue weighted by molar-refractivity contribution is 5.95. The fraction of sp³-hybridized carbons (Fsp3) is 0.300. The zero-order chi connectivity index (χ0) is 18.2. The normalized spacial score (nSPS) is 11.7. The Morgan fingerprint density at radius 3 is 2.56 bits per heavy atom. The molecule has 0 aliphatic rings. The second kappa shape index (κ2) is 8.87. The van der Waals surface area contributed by atoms with E-state index in [4.69, 9.17) is 9.47 Å². The average molecular weight is 340 g/mol. The number of amides is 1. The van der Waals surface area contributed by atoms with Crippen LogP contribution in [0.4, 0.5) is 0 Å². The Hall–Kier alpha value is -2.82. The third-order valence-electron chi connectivity index (χ3n) is 3.60. The van der Waals surface area contributed by atoms with Gasteiger partial charge >= 0.3 is 0 Å². The van der Waals surface area contributed by atoms with Gasteiger partial charge in [-0.15, -0.1) is 6.58 Å². The lowest BCUT2D eigenvalue weighted by atomic mass is 10.0. The zero-order valence-corrected chi connectivity index (χ0v) is 14.9. The van der Waals surface area contributed by atoms with Crippen LogP contribution in [0.25, 0.3) is 0 Å². The molecular formula is C20H24N2O3. The second-order valence-electron chi connectivity index (χ2n) is 5.86. The van der Waals surface area contributed by atoms with E-state index in [0.29, 0.717) is 23.5 Å². The molecule has 0 fully saturated rings.